The van der Waals surface area contributed by atoms with Crippen LogP contribution in [0.25, 0.3) is 0 Å². The largest absolute Gasteiger partial charge is 0.330 e. The number of unbranched alkanes of at least 4 members (excludes halogenated alkanes) is 25. The SMILES string of the molecule is CCCCCCCCCCCCCCCCCCCCC(CCN)CCCCCCCCCCC. The molecule has 35 heavy (non-hydrogen) atoms. The van der Waals surface area contributed by atoms with E-state index in [0.717, 1.165) is 12.5 Å². The van der Waals surface area contributed by atoms with Crippen LogP contribution in [0.15, 0.2) is 0 Å². The molecule has 0 aliphatic carbocycles. The van der Waals surface area contributed by atoms with Crippen molar-refractivity contribution in [3.05, 3.63) is 0 Å². The van der Waals surface area contributed by atoms with E-state index in [0.29, 0.717) is 0 Å². The summed E-state index contributed by atoms with van der Waals surface area (Å²) in [7, 11) is 0. The smallest absolute Gasteiger partial charge is 0.00746 e. The molecule has 2 N–H and O–H groups in total. The molecule has 0 aliphatic rings. The monoisotopic (exact) mass is 494 g/mol. The van der Waals surface area contributed by atoms with Crippen LogP contribution in [-0.4, -0.2) is 6.54 Å². The summed E-state index contributed by atoms with van der Waals surface area (Å²) >= 11 is 0. The van der Waals surface area contributed by atoms with Gasteiger partial charge >= 0.3 is 0 Å². The quantitative estimate of drug-likeness (QED) is 0.0954. The van der Waals surface area contributed by atoms with E-state index in [1.807, 2.05) is 0 Å². The summed E-state index contributed by atoms with van der Waals surface area (Å²) in [5.41, 5.74) is 5.91. The van der Waals surface area contributed by atoms with Gasteiger partial charge in [0.2, 0.25) is 0 Å². The van der Waals surface area contributed by atoms with Crippen LogP contribution in [0.3, 0.4) is 0 Å². The van der Waals surface area contributed by atoms with Gasteiger partial charge in [-0.3, -0.25) is 0 Å². The van der Waals surface area contributed by atoms with Gasteiger partial charge in [-0.15, -0.1) is 0 Å². The summed E-state index contributed by atoms with van der Waals surface area (Å²) in [6.07, 6.45) is 43.5. The zero-order chi connectivity index (χ0) is 25.5. The van der Waals surface area contributed by atoms with Crippen molar-refractivity contribution in [2.75, 3.05) is 6.54 Å². The molecule has 0 aromatic carbocycles. The van der Waals surface area contributed by atoms with Crippen molar-refractivity contribution in [2.45, 2.75) is 206 Å². The molecule has 1 nitrogen and oxygen atoms in total. The Kier molecular flexibility index (Phi) is 32.0. The predicted molar refractivity (Wildman–Crippen MR) is 162 cm³/mol. The molecule has 1 heteroatoms. The lowest BCUT2D eigenvalue weighted by Crippen LogP contribution is -2.09. The van der Waals surface area contributed by atoms with Crippen LogP contribution < -0.4 is 5.73 Å². The van der Waals surface area contributed by atoms with Crippen molar-refractivity contribution in [3.63, 3.8) is 0 Å². The summed E-state index contributed by atoms with van der Waals surface area (Å²) in [6, 6.07) is 0. The fraction of sp³-hybridized carbons (Fsp3) is 1.00. The lowest BCUT2D eigenvalue weighted by Gasteiger charge is -2.16. The Hall–Kier alpha value is -0.0400. The van der Waals surface area contributed by atoms with Crippen LogP contribution in [0.1, 0.15) is 206 Å². The van der Waals surface area contributed by atoms with E-state index in [4.69, 9.17) is 5.73 Å². The van der Waals surface area contributed by atoms with Crippen molar-refractivity contribution >= 4 is 0 Å². The summed E-state index contributed by atoms with van der Waals surface area (Å²) in [6.45, 7) is 5.50. The number of hydrogen-bond donors (Lipinski definition) is 1. The third-order valence-electron chi connectivity index (χ3n) is 8.26. The van der Waals surface area contributed by atoms with E-state index in [2.05, 4.69) is 13.8 Å². The second-order valence-corrected chi connectivity index (χ2v) is 11.9. The maximum atomic E-state index is 5.91. The van der Waals surface area contributed by atoms with Crippen molar-refractivity contribution < 1.29 is 0 Å². The van der Waals surface area contributed by atoms with E-state index in [9.17, 15) is 0 Å². The number of rotatable bonds is 31. The van der Waals surface area contributed by atoms with Gasteiger partial charge in [0.15, 0.2) is 0 Å². The first-order chi connectivity index (χ1) is 17.3. The molecule has 0 aliphatic heterocycles. The summed E-state index contributed by atoms with van der Waals surface area (Å²) < 4.78 is 0. The third kappa shape index (κ3) is 30.1. The summed E-state index contributed by atoms with van der Waals surface area (Å²) in [5.74, 6) is 0.908. The van der Waals surface area contributed by atoms with Gasteiger partial charge in [-0.25, -0.2) is 0 Å². The van der Waals surface area contributed by atoms with Gasteiger partial charge in [-0.05, 0) is 18.9 Å². The van der Waals surface area contributed by atoms with Gasteiger partial charge in [-0.2, -0.15) is 0 Å². The minimum atomic E-state index is 0.890. The molecule has 1 unspecified atom stereocenters. The molecule has 0 aromatic rings. The van der Waals surface area contributed by atoms with Crippen molar-refractivity contribution in [3.8, 4) is 0 Å². The molecule has 0 amide bonds. The van der Waals surface area contributed by atoms with Crippen molar-refractivity contribution in [1.29, 1.82) is 0 Å². The minimum Gasteiger partial charge on any atom is -0.330 e. The molecule has 0 saturated carbocycles. The highest BCUT2D eigenvalue weighted by molar-refractivity contribution is 4.62. The maximum Gasteiger partial charge on any atom is -0.00746 e. The molecule has 0 saturated heterocycles. The predicted octanol–water partition coefficient (Wildman–Crippen LogP) is 12.3. The van der Waals surface area contributed by atoms with Crippen molar-refractivity contribution in [2.24, 2.45) is 11.7 Å². The van der Waals surface area contributed by atoms with E-state index in [1.54, 1.807) is 0 Å². The zero-order valence-corrected chi connectivity index (χ0v) is 25.1. The summed E-state index contributed by atoms with van der Waals surface area (Å²) in [5, 5.41) is 0. The first-order valence-electron chi connectivity index (χ1n) is 17.0. The fourth-order valence-electron chi connectivity index (χ4n) is 5.75. The maximum absolute atomic E-state index is 5.91. The normalized spacial score (nSPS) is 12.4. The molecular weight excluding hydrogens is 422 g/mol. The molecule has 0 rings (SSSR count). The second kappa shape index (κ2) is 32.0. The van der Waals surface area contributed by atoms with Gasteiger partial charge in [-0.1, -0.05) is 200 Å². The Morgan fingerprint density at radius 3 is 0.771 bits per heavy atom. The first kappa shape index (κ1) is 35.0. The van der Waals surface area contributed by atoms with Crippen LogP contribution in [-0.2, 0) is 0 Å². The molecule has 0 aromatic heterocycles. The van der Waals surface area contributed by atoms with E-state index >= 15 is 0 Å². The second-order valence-electron chi connectivity index (χ2n) is 11.9. The molecule has 0 bridgehead atoms. The highest BCUT2D eigenvalue weighted by Gasteiger charge is 2.07. The molecule has 0 heterocycles. The standard InChI is InChI=1S/C34H71N/c1-3-5-7-9-11-13-14-15-16-17-18-19-20-21-23-25-27-29-31-34(32-33-35)30-28-26-24-22-12-10-8-6-4-2/h34H,3-33,35H2,1-2H3. The van der Waals surface area contributed by atoms with E-state index in [1.165, 1.54) is 193 Å². The Labute approximate surface area is 224 Å². The topological polar surface area (TPSA) is 26.0 Å². The molecule has 0 spiro atoms. The van der Waals surface area contributed by atoms with E-state index < -0.39 is 0 Å². The van der Waals surface area contributed by atoms with Crippen molar-refractivity contribution in [1.82, 2.24) is 0 Å². The Bertz CT molecular complexity index is 352. The third-order valence-corrected chi connectivity index (χ3v) is 8.26. The van der Waals surface area contributed by atoms with Gasteiger partial charge in [0.05, 0.1) is 0 Å². The molecule has 0 radical (unpaired) electrons. The first-order valence-corrected chi connectivity index (χ1v) is 17.0. The van der Waals surface area contributed by atoms with Gasteiger partial charge < -0.3 is 5.73 Å². The Morgan fingerprint density at radius 1 is 0.314 bits per heavy atom. The molecule has 212 valence electrons. The number of hydrogen-bond acceptors (Lipinski definition) is 1. The summed E-state index contributed by atoms with van der Waals surface area (Å²) in [4.78, 5) is 0. The van der Waals surface area contributed by atoms with Crippen LogP contribution >= 0.6 is 0 Å². The van der Waals surface area contributed by atoms with Gasteiger partial charge in [0.1, 0.15) is 0 Å². The minimum absolute atomic E-state index is 0.890. The molecule has 1 atom stereocenters. The lowest BCUT2D eigenvalue weighted by molar-refractivity contribution is 0.384. The van der Waals surface area contributed by atoms with Crippen LogP contribution in [0.2, 0.25) is 0 Å². The van der Waals surface area contributed by atoms with Gasteiger partial charge in [0.25, 0.3) is 0 Å². The highest BCUT2D eigenvalue weighted by atomic mass is 14.5. The molecular formula is C34H71N. The Morgan fingerprint density at radius 2 is 0.543 bits per heavy atom. The van der Waals surface area contributed by atoms with Crippen LogP contribution in [0, 0.1) is 5.92 Å². The van der Waals surface area contributed by atoms with Crippen LogP contribution in [0.5, 0.6) is 0 Å². The average Bonchev–Trinajstić information content (AvgIpc) is 2.86. The lowest BCUT2D eigenvalue weighted by atomic mass is 9.91. The highest BCUT2D eigenvalue weighted by Crippen LogP contribution is 2.22. The van der Waals surface area contributed by atoms with Gasteiger partial charge in [0, 0.05) is 0 Å². The van der Waals surface area contributed by atoms with E-state index in [-0.39, 0.29) is 0 Å². The number of nitrogens with two attached hydrogens (primary N) is 1. The zero-order valence-electron chi connectivity index (χ0n) is 25.1. The van der Waals surface area contributed by atoms with Crippen LogP contribution in [0.4, 0.5) is 0 Å². The average molecular weight is 494 g/mol. The fourth-order valence-corrected chi connectivity index (χ4v) is 5.75. The Balaban J connectivity index is 3.33. The molecule has 0 fully saturated rings.